The zero-order valence-electron chi connectivity index (χ0n) is 11.0. The number of carbonyl (C=O) groups excluding carboxylic acids is 1. The molecule has 0 bridgehead atoms. The highest BCUT2D eigenvalue weighted by atomic mass is 19.4. The third kappa shape index (κ3) is 3.41. The maximum absolute atomic E-state index is 12.6. The Labute approximate surface area is 111 Å². The molecular weight excluding hydrogens is 257 g/mol. The zero-order valence-corrected chi connectivity index (χ0v) is 11.0. The molecule has 0 aromatic rings. The van der Waals surface area contributed by atoms with Crippen LogP contribution in [0.15, 0.2) is 0 Å². The van der Waals surface area contributed by atoms with Crippen molar-refractivity contribution in [1.29, 1.82) is 0 Å². The minimum absolute atomic E-state index is 0.0250. The van der Waals surface area contributed by atoms with Crippen LogP contribution >= 0.6 is 0 Å². The second-order valence-electron chi connectivity index (χ2n) is 5.70. The van der Waals surface area contributed by atoms with Gasteiger partial charge >= 0.3 is 6.18 Å². The van der Waals surface area contributed by atoms with Crippen LogP contribution in [-0.4, -0.2) is 36.1 Å². The number of nitrogens with two attached hydrogens (primary N) is 1. The molecule has 0 radical (unpaired) electrons. The number of halogens is 3. The van der Waals surface area contributed by atoms with E-state index in [-0.39, 0.29) is 43.8 Å². The molecule has 1 amide bonds. The number of likely N-dealkylation sites (tertiary alicyclic amines) is 1. The molecule has 2 rings (SSSR count). The molecule has 3 nitrogen and oxygen atoms in total. The Hall–Kier alpha value is -0.780. The van der Waals surface area contributed by atoms with E-state index >= 15 is 0 Å². The van der Waals surface area contributed by atoms with Crippen molar-refractivity contribution >= 4 is 5.91 Å². The highest BCUT2D eigenvalue weighted by molar-refractivity contribution is 5.79. The Morgan fingerprint density at radius 2 is 1.63 bits per heavy atom. The molecule has 19 heavy (non-hydrogen) atoms. The summed E-state index contributed by atoms with van der Waals surface area (Å²) < 4.78 is 37.7. The summed E-state index contributed by atoms with van der Waals surface area (Å²) >= 11 is 0. The van der Waals surface area contributed by atoms with Crippen molar-refractivity contribution in [2.24, 2.45) is 17.6 Å². The van der Waals surface area contributed by atoms with Crippen LogP contribution in [0.1, 0.15) is 38.5 Å². The molecule has 1 aliphatic carbocycles. The highest BCUT2D eigenvalue weighted by Crippen LogP contribution is 2.35. The fourth-order valence-electron chi connectivity index (χ4n) is 3.13. The van der Waals surface area contributed by atoms with Gasteiger partial charge < -0.3 is 10.6 Å². The smallest absolute Gasteiger partial charge is 0.342 e. The van der Waals surface area contributed by atoms with Gasteiger partial charge in [0.1, 0.15) is 0 Å². The average Bonchev–Trinajstić information content (AvgIpc) is 2.38. The average molecular weight is 278 g/mol. The first kappa shape index (κ1) is 14.6. The minimum Gasteiger partial charge on any atom is -0.342 e. The number of piperidine rings is 1. The third-order valence-electron chi connectivity index (χ3n) is 4.41. The van der Waals surface area contributed by atoms with Crippen molar-refractivity contribution in [3.63, 3.8) is 0 Å². The van der Waals surface area contributed by atoms with Gasteiger partial charge in [0.05, 0.1) is 11.8 Å². The van der Waals surface area contributed by atoms with Crippen molar-refractivity contribution in [3.8, 4) is 0 Å². The van der Waals surface area contributed by atoms with Crippen molar-refractivity contribution in [2.75, 3.05) is 13.1 Å². The predicted molar refractivity (Wildman–Crippen MR) is 65.3 cm³/mol. The first-order valence-electron chi connectivity index (χ1n) is 7.00. The summed E-state index contributed by atoms with van der Waals surface area (Å²) in [5.74, 6) is -1.47. The lowest BCUT2D eigenvalue weighted by atomic mass is 9.83. The number of alkyl halides is 3. The van der Waals surface area contributed by atoms with Crippen LogP contribution < -0.4 is 5.73 Å². The molecule has 2 N–H and O–H groups in total. The molecule has 110 valence electrons. The number of amides is 1. The van der Waals surface area contributed by atoms with E-state index in [0.717, 1.165) is 25.7 Å². The summed E-state index contributed by atoms with van der Waals surface area (Å²) in [6, 6.07) is -0.124. The second kappa shape index (κ2) is 5.69. The number of rotatable bonds is 1. The van der Waals surface area contributed by atoms with E-state index in [1.165, 1.54) is 0 Å². The molecule has 0 aromatic heterocycles. The number of carbonyl (C=O) groups is 1. The molecule has 2 unspecified atom stereocenters. The topological polar surface area (TPSA) is 46.3 Å². The fourth-order valence-corrected chi connectivity index (χ4v) is 3.13. The maximum atomic E-state index is 12.6. The molecule has 2 fully saturated rings. The summed E-state index contributed by atoms with van der Waals surface area (Å²) in [7, 11) is 0. The molecule has 1 saturated carbocycles. The predicted octanol–water partition coefficient (Wildman–Crippen LogP) is 2.30. The quantitative estimate of drug-likeness (QED) is 0.800. The SMILES string of the molecule is NC1CCCCC1C(=O)N1CCC(C(F)(F)F)CC1. The molecule has 2 aliphatic rings. The second-order valence-corrected chi connectivity index (χ2v) is 5.70. The largest absolute Gasteiger partial charge is 0.391 e. The van der Waals surface area contributed by atoms with Gasteiger partial charge in [-0.15, -0.1) is 0 Å². The maximum Gasteiger partial charge on any atom is 0.391 e. The molecule has 2 atom stereocenters. The zero-order chi connectivity index (χ0) is 14.0. The van der Waals surface area contributed by atoms with Crippen molar-refractivity contribution in [2.45, 2.75) is 50.7 Å². The van der Waals surface area contributed by atoms with Crippen molar-refractivity contribution in [1.82, 2.24) is 4.90 Å². The van der Waals surface area contributed by atoms with E-state index in [0.29, 0.717) is 0 Å². The Balaban J connectivity index is 1.88. The molecule has 0 aromatic carbocycles. The highest BCUT2D eigenvalue weighted by Gasteiger charge is 2.42. The molecule has 1 saturated heterocycles. The number of nitrogens with zero attached hydrogens (tertiary/aromatic N) is 1. The van der Waals surface area contributed by atoms with Crippen LogP contribution in [0.2, 0.25) is 0 Å². The van der Waals surface area contributed by atoms with Crippen LogP contribution in [0.5, 0.6) is 0 Å². The van der Waals surface area contributed by atoms with E-state index in [2.05, 4.69) is 0 Å². The van der Waals surface area contributed by atoms with Gasteiger partial charge in [-0.05, 0) is 25.7 Å². The van der Waals surface area contributed by atoms with Gasteiger partial charge in [0.25, 0.3) is 0 Å². The van der Waals surface area contributed by atoms with Gasteiger partial charge in [0.2, 0.25) is 5.91 Å². The van der Waals surface area contributed by atoms with E-state index in [1.807, 2.05) is 0 Å². The van der Waals surface area contributed by atoms with E-state index in [9.17, 15) is 18.0 Å². The van der Waals surface area contributed by atoms with Crippen LogP contribution in [0.3, 0.4) is 0 Å². The molecule has 0 spiro atoms. The third-order valence-corrected chi connectivity index (χ3v) is 4.41. The molecule has 6 heteroatoms. The monoisotopic (exact) mass is 278 g/mol. The van der Waals surface area contributed by atoms with Gasteiger partial charge in [0, 0.05) is 19.1 Å². The van der Waals surface area contributed by atoms with Gasteiger partial charge in [-0.3, -0.25) is 4.79 Å². The van der Waals surface area contributed by atoms with Gasteiger partial charge in [-0.1, -0.05) is 12.8 Å². The summed E-state index contributed by atoms with van der Waals surface area (Å²) in [5, 5.41) is 0. The van der Waals surface area contributed by atoms with Crippen molar-refractivity contribution < 1.29 is 18.0 Å². The van der Waals surface area contributed by atoms with Crippen LogP contribution in [-0.2, 0) is 4.79 Å². The van der Waals surface area contributed by atoms with Crippen LogP contribution in [0.4, 0.5) is 13.2 Å². The summed E-state index contributed by atoms with van der Waals surface area (Å²) in [6.45, 7) is 0.429. The lowest BCUT2D eigenvalue weighted by Crippen LogP contribution is -2.49. The molecular formula is C13H21F3N2O. The fraction of sp³-hybridized carbons (Fsp3) is 0.923. The van der Waals surface area contributed by atoms with Gasteiger partial charge in [0.15, 0.2) is 0 Å². The van der Waals surface area contributed by atoms with Crippen LogP contribution in [0, 0.1) is 11.8 Å². The Bertz CT molecular complexity index is 324. The molecule has 1 heterocycles. The first-order valence-corrected chi connectivity index (χ1v) is 7.00. The number of hydrogen-bond donors (Lipinski definition) is 1. The Morgan fingerprint density at radius 3 is 2.16 bits per heavy atom. The normalized spacial score (nSPS) is 30.4. The van der Waals surface area contributed by atoms with Crippen LogP contribution in [0.25, 0.3) is 0 Å². The van der Waals surface area contributed by atoms with E-state index < -0.39 is 12.1 Å². The number of hydrogen-bond acceptors (Lipinski definition) is 2. The first-order chi connectivity index (χ1) is 8.89. The summed E-state index contributed by atoms with van der Waals surface area (Å²) in [4.78, 5) is 13.9. The minimum atomic E-state index is -4.13. The lowest BCUT2D eigenvalue weighted by Gasteiger charge is -2.37. The van der Waals surface area contributed by atoms with E-state index in [4.69, 9.17) is 5.73 Å². The standard InChI is InChI=1S/C13H21F3N2O/c14-13(15,16)9-5-7-18(8-6-9)12(19)10-3-1-2-4-11(10)17/h9-11H,1-8,17H2. The van der Waals surface area contributed by atoms with Crippen molar-refractivity contribution in [3.05, 3.63) is 0 Å². The van der Waals surface area contributed by atoms with Gasteiger partial charge in [-0.2, -0.15) is 13.2 Å². The van der Waals surface area contributed by atoms with Gasteiger partial charge in [-0.25, -0.2) is 0 Å². The van der Waals surface area contributed by atoms with E-state index in [1.54, 1.807) is 4.90 Å². The Morgan fingerprint density at radius 1 is 1.05 bits per heavy atom. The molecule has 1 aliphatic heterocycles. The summed E-state index contributed by atoms with van der Waals surface area (Å²) in [6.07, 6.45) is -0.427. The lowest BCUT2D eigenvalue weighted by molar-refractivity contribution is -0.187. The summed E-state index contributed by atoms with van der Waals surface area (Å²) in [5.41, 5.74) is 5.96. The Kier molecular flexibility index (Phi) is 4.38.